The van der Waals surface area contributed by atoms with Gasteiger partial charge in [-0.1, -0.05) is 41.9 Å². The zero-order valence-electron chi connectivity index (χ0n) is 11.4. The van der Waals surface area contributed by atoms with Crippen molar-refractivity contribution >= 4 is 15.9 Å². The lowest BCUT2D eigenvalue weighted by atomic mass is 10.2. The fourth-order valence-corrected chi connectivity index (χ4v) is 2.36. The molecule has 0 saturated carbocycles. The Hall–Kier alpha value is -1.13. The van der Waals surface area contributed by atoms with E-state index in [2.05, 4.69) is 58.5 Å². The molecule has 2 rings (SSSR count). The second-order valence-electron chi connectivity index (χ2n) is 5.20. The Bertz CT molecular complexity index is 520. The number of nitrogens with one attached hydrogen (secondary N) is 1. The predicted octanol–water partition coefficient (Wildman–Crippen LogP) is 3.44. The molecule has 0 bridgehead atoms. The van der Waals surface area contributed by atoms with Gasteiger partial charge in [-0.2, -0.15) is 5.10 Å². The van der Waals surface area contributed by atoms with E-state index in [9.17, 15) is 0 Å². The molecule has 1 aromatic heterocycles. The Morgan fingerprint density at radius 1 is 1.32 bits per heavy atom. The number of halogens is 1. The van der Waals surface area contributed by atoms with Crippen molar-refractivity contribution in [2.75, 3.05) is 6.54 Å². The van der Waals surface area contributed by atoms with Crippen LogP contribution < -0.4 is 5.32 Å². The zero-order chi connectivity index (χ0) is 13.7. The molecule has 0 atom stereocenters. The maximum atomic E-state index is 4.40. The number of rotatable bonds is 6. The molecule has 0 saturated heterocycles. The SMILES string of the molecule is CC(C)CNCc1cnn(Cc2cccc(Br)c2)c1. The Morgan fingerprint density at radius 3 is 2.89 bits per heavy atom. The summed E-state index contributed by atoms with van der Waals surface area (Å²) in [5.41, 5.74) is 2.48. The lowest BCUT2D eigenvalue weighted by molar-refractivity contribution is 0.552. The van der Waals surface area contributed by atoms with Crippen LogP contribution in [0.25, 0.3) is 0 Å². The van der Waals surface area contributed by atoms with Crippen LogP contribution in [-0.2, 0) is 13.1 Å². The molecule has 1 aromatic carbocycles. The highest BCUT2D eigenvalue weighted by molar-refractivity contribution is 9.10. The minimum Gasteiger partial charge on any atom is -0.312 e. The minimum atomic E-state index is 0.678. The zero-order valence-corrected chi connectivity index (χ0v) is 13.0. The summed E-state index contributed by atoms with van der Waals surface area (Å²) in [5, 5.41) is 7.83. The maximum Gasteiger partial charge on any atom is 0.0659 e. The second kappa shape index (κ2) is 6.87. The summed E-state index contributed by atoms with van der Waals surface area (Å²) in [6, 6.07) is 8.32. The van der Waals surface area contributed by atoms with E-state index in [0.29, 0.717) is 5.92 Å². The number of hydrogen-bond donors (Lipinski definition) is 1. The number of benzene rings is 1. The molecule has 4 heteroatoms. The van der Waals surface area contributed by atoms with E-state index in [0.717, 1.165) is 24.1 Å². The van der Waals surface area contributed by atoms with Crippen LogP contribution in [0.5, 0.6) is 0 Å². The molecule has 0 aliphatic rings. The molecule has 0 radical (unpaired) electrons. The van der Waals surface area contributed by atoms with Crippen molar-refractivity contribution in [1.82, 2.24) is 15.1 Å². The van der Waals surface area contributed by atoms with Crippen LogP contribution in [0.4, 0.5) is 0 Å². The molecular weight excluding hydrogens is 302 g/mol. The van der Waals surface area contributed by atoms with Crippen molar-refractivity contribution in [2.24, 2.45) is 5.92 Å². The van der Waals surface area contributed by atoms with E-state index in [-0.39, 0.29) is 0 Å². The highest BCUT2D eigenvalue weighted by Gasteiger charge is 2.01. The number of nitrogens with zero attached hydrogens (tertiary/aromatic N) is 2. The quantitative estimate of drug-likeness (QED) is 0.883. The number of hydrogen-bond acceptors (Lipinski definition) is 2. The molecule has 0 amide bonds. The van der Waals surface area contributed by atoms with Gasteiger partial charge in [0.25, 0.3) is 0 Å². The fraction of sp³-hybridized carbons (Fsp3) is 0.400. The van der Waals surface area contributed by atoms with Crippen LogP contribution in [0.2, 0.25) is 0 Å². The van der Waals surface area contributed by atoms with Gasteiger partial charge in [0.05, 0.1) is 12.7 Å². The van der Waals surface area contributed by atoms with Crippen molar-refractivity contribution < 1.29 is 0 Å². The molecule has 3 nitrogen and oxygen atoms in total. The van der Waals surface area contributed by atoms with Gasteiger partial charge >= 0.3 is 0 Å². The smallest absolute Gasteiger partial charge is 0.0659 e. The first-order chi connectivity index (χ1) is 9.13. The van der Waals surface area contributed by atoms with Gasteiger partial charge in [0.15, 0.2) is 0 Å². The number of aromatic nitrogens is 2. The first-order valence-electron chi connectivity index (χ1n) is 6.60. The lowest BCUT2D eigenvalue weighted by Gasteiger charge is -2.05. The Labute approximate surface area is 123 Å². The van der Waals surface area contributed by atoms with Gasteiger partial charge in [-0.3, -0.25) is 4.68 Å². The molecule has 0 fully saturated rings. The first-order valence-corrected chi connectivity index (χ1v) is 7.39. The summed E-state index contributed by atoms with van der Waals surface area (Å²) in [4.78, 5) is 0. The van der Waals surface area contributed by atoms with Gasteiger partial charge < -0.3 is 5.32 Å². The normalized spacial score (nSPS) is 11.2. The summed E-state index contributed by atoms with van der Waals surface area (Å²) in [6.45, 7) is 7.16. The van der Waals surface area contributed by atoms with Gasteiger partial charge in [0.2, 0.25) is 0 Å². The Balaban J connectivity index is 1.90. The summed E-state index contributed by atoms with van der Waals surface area (Å²) in [6.07, 6.45) is 4.04. The van der Waals surface area contributed by atoms with Gasteiger partial charge in [0.1, 0.15) is 0 Å². The third-order valence-corrected chi connectivity index (χ3v) is 3.30. The summed E-state index contributed by atoms with van der Waals surface area (Å²) in [5.74, 6) is 0.678. The highest BCUT2D eigenvalue weighted by atomic mass is 79.9. The van der Waals surface area contributed by atoms with Crippen molar-refractivity contribution in [3.63, 3.8) is 0 Å². The molecular formula is C15H20BrN3. The van der Waals surface area contributed by atoms with Gasteiger partial charge in [-0.25, -0.2) is 0 Å². The van der Waals surface area contributed by atoms with Crippen molar-refractivity contribution in [2.45, 2.75) is 26.9 Å². The van der Waals surface area contributed by atoms with Crippen molar-refractivity contribution in [1.29, 1.82) is 0 Å². The van der Waals surface area contributed by atoms with E-state index in [1.807, 2.05) is 23.0 Å². The van der Waals surface area contributed by atoms with Crippen LogP contribution in [0.1, 0.15) is 25.0 Å². The third kappa shape index (κ3) is 4.80. The molecule has 2 aromatic rings. The molecule has 1 N–H and O–H groups in total. The summed E-state index contributed by atoms with van der Waals surface area (Å²) in [7, 11) is 0. The Morgan fingerprint density at radius 2 is 2.16 bits per heavy atom. The van der Waals surface area contributed by atoms with Gasteiger partial charge in [0, 0.05) is 22.8 Å². The largest absolute Gasteiger partial charge is 0.312 e. The summed E-state index contributed by atoms with van der Waals surface area (Å²) >= 11 is 3.49. The van der Waals surface area contributed by atoms with Crippen LogP contribution >= 0.6 is 15.9 Å². The molecule has 102 valence electrons. The maximum absolute atomic E-state index is 4.40. The second-order valence-corrected chi connectivity index (χ2v) is 6.12. The van der Waals surface area contributed by atoms with E-state index in [1.165, 1.54) is 11.1 Å². The molecule has 0 unspecified atom stereocenters. The highest BCUT2D eigenvalue weighted by Crippen LogP contribution is 2.12. The standard InChI is InChI=1S/C15H20BrN3/c1-12(2)7-17-8-14-9-18-19(11-14)10-13-4-3-5-15(16)6-13/h3-6,9,11-12,17H,7-8,10H2,1-2H3. The predicted molar refractivity (Wildman–Crippen MR) is 82.0 cm³/mol. The molecule has 0 spiro atoms. The van der Waals surface area contributed by atoms with Crippen LogP contribution in [-0.4, -0.2) is 16.3 Å². The lowest BCUT2D eigenvalue weighted by Crippen LogP contribution is -2.18. The summed E-state index contributed by atoms with van der Waals surface area (Å²) < 4.78 is 3.09. The van der Waals surface area contributed by atoms with Gasteiger partial charge in [-0.15, -0.1) is 0 Å². The van der Waals surface area contributed by atoms with Crippen LogP contribution in [0.3, 0.4) is 0 Å². The van der Waals surface area contributed by atoms with Crippen molar-refractivity contribution in [3.8, 4) is 0 Å². The molecule has 19 heavy (non-hydrogen) atoms. The average Bonchev–Trinajstić information content (AvgIpc) is 2.76. The monoisotopic (exact) mass is 321 g/mol. The van der Waals surface area contributed by atoms with Crippen molar-refractivity contribution in [3.05, 3.63) is 52.3 Å². The van der Waals surface area contributed by atoms with Gasteiger partial charge in [-0.05, 0) is 30.2 Å². The van der Waals surface area contributed by atoms with Crippen LogP contribution in [0.15, 0.2) is 41.1 Å². The third-order valence-electron chi connectivity index (χ3n) is 2.80. The van der Waals surface area contributed by atoms with E-state index >= 15 is 0 Å². The fourth-order valence-electron chi connectivity index (χ4n) is 1.91. The minimum absolute atomic E-state index is 0.678. The van der Waals surface area contributed by atoms with E-state index in [4.69, 9.17) is 0 Å². The molecule has 1 heterocycles. The average molecular weight is 322 g/mol. The molecule has 0 aliphatic carbocycles. The van der Waals surface area contributed by atoms with Crippen LogP contribution in [0, 0.1) is 5.92 Å². The van der Waals surface area contributed by atoms with E-state index in [1.54, 1.807) is 0 Å². The Kier molecular flexibility index (Phi) is 5.16. The van der Waals surface area contributed by atoms with E-state index < -0.39 is 0 Å². The first kappa shape index (κ1) is 14.3. The topological polar surface area (TPSA) is 29.9 Å². The molecule has 0 aliphatic heterocycles.